The minimum atomic E-state index is -0.519. The van der Waals surface area contributed by atoms with E-state index in [2.05, 4.69) is 10.3 Å². The Bertz CT molecular complexity index is 876. The number of rotatable bonds is 4. The van der Waals surface area contributed by atoms with Gasteiger partial charge >= 0.3 is 5.69 Å². The second-order valence-corrected chi connectivity index (χ2v) is 6.14. The summed E-state index contributed by atoms with van der Waals surface area (Å²) in [6, 6.07) is 0.537. The third-order valence-corrected chi connectivity index (χ3v) is 4.03. The number of hydrogen-bond donors (Lipinski definition) is 2. The highest BCUT2D eigenvalue weighted by Gasteiger charge is 2.16. The topological polar surface area (TPSA) is 66.9 Å². The van der Waals surface area contributed by atoms with Crippen LogP contribution in [0.25, 0.3) is 0 Å². The first-order valence-corrected chi connectivity index (χ1v) is 7.69. The zero-order valence-electron chi connectivity index (χ0n) is 14.4. The first-order valence-electron chi connectivity index (χ1n) is 7.69. The minimum absolute atomic E-state index is 0.124. The van der Waals surface area contributed by atoms with Gasteiger partial charge in [-0.3, -0.25) is 14.3 Å². The Kier molecular flexibility index (Phi) is 5.50. The van der Waals surface area contributed by atoms with Crippen LogP contribution in [0.1, 0.15) is 38.4 Å². The predicted molar refractivity (Wildman–Crippen MR) is 107 cm³/mol. The van der Waals surface area contributed by atoms with Crippen molar-refractivity contribution in [1.82, 2.24) is 9.55 Å². The highest BCUT2D eigenvalue weighted by atomic mass is 16.2. The molecule has 2 aromatic rings. The summed E-state index contributed by atoms with van der Waals surface area (Å²) in [6.45, 7) is 5.23. The van der Waals surface area contributed by atoms with Crippen LogP contribution in [0.15, 0.2) is 15.7 Å². The molecule has 0 bridgehead atoms. The quantitative estimate of drug-likeness (QED) is 0.569. The van der Waals surface area contributed by atoms with E-state index in [1.165, 1.54) is 6.07 Å². The van der Waals surface area contributed by atoms with E-state index in [1.807, 2.05) is 0 Å². The van der Waals surface area contributed by atoms with E-state index in [-0.39, 0.29) is 39.2 Å². The molecule has 0 unspecified atom stereocenters. The van der Waals surface area contributed by atoms with Crippen LogP contribution in [0, 0.1) is 0 Å². The maximum absolute atomic E-state index is 12.1. The third-order valence-electron chi connectivity index (χ3n) is 4.03. The average molecular weight is 322 g/mol. The highest BCUT2D eigenvalue weighted by molar-refractivity contribution is 6.67. The number of aromatic amines is 1. The van der Waals surface area contributed by atoms with Gasteiger partial charge in [-0.15, -0.1) is 16.4 Å². The van der Waals surface area contributed by atoms with Gasteiger partial charge in [-0.1, -0.05) is 10.9 Å². The van der Waals surface area contributed by atoms with Crippen molar-refractivity contribution in [1.29, 1.82) is 0 Å². The lowest BCUT2D eigenvalue weighted by molar-refractivity contribution is 0.546. The molecule has 1 atom stereocenters. The molecule has 25 heavy (non-hydrogen) atoms. The normalized spacial score (nSPS) is 12.3. The van der Waals surface area contributed by atoms with Gasteiger partial charge in [-0.25, -0.2) is 4.79 Å². The van der Waals surface area contributed by atoms with Crippen molar-refractivity contribution in [2.24, 2.45) is 0 Å². The molecular weight excluding hydrogens is 308 g/mol. The second-order valence-electron chi connectivity index (χ2n) is 6.14. The Morgan fingerprint density at radius 3 is 1.84 bits per heavy atom. The summed E-state index contributed by atoms with van der Waals surface area (Å²) in [6.07, 6.45) is 0. The Morgan fingerprint density at radius 1 is 0.920 bits per heavy atom. The molecule has 0 aliphatic rings. The Hall–Kier alpha value is -1.98. The van der Waals surface area contributed by atoms with Crippen molar-refractivity contribution in [2.45, 2.75) is 32.9 Å². The zero-order valence-corrected chi connectivity index (χ0v) is 14.4. The number of nitrogens with one attached hydrogen (secondary N) is 2. The molecule has 1 heterocycles. The highest BCUT2D eigenvalue weighted by Crippen LogP contribution is 2.11. The summed E-state index contributed by atoms with van der Waals surface area (Å²) in [7, 11) is 29.5. The van der Waals surface area contributed by atoms with Gasteiger partial charge in [0.1, 0.15) is 45.0 Å². The molecule has 10 heteroatoms. The van der Waals surface area contributed by atoms with Crippen molar-refractivity contribution in [3.8, 4) is 0 Å². The number of benzene rings is 1. The molecule has 116 valence electrons. The van der Waals surface area contributed by atoms with Crippen molar-refractivity contribution in [2.75, 3.05) is 5.32 Å². The SMILES string of the molecule is [B]c1c([B])c([B])c([C@H](C)Nc2cc(=O)n(C(C)C)c(=O)[nH]2)c([B])c1[B]. The largest absolute Gasteiger partial charge is 0.365 e. The number of nitrogens with zero attached hydrogens (tertiary/aromatic N) is 1. The molecule has 10 radical (unpaired) electrons. The summed E-state index contributed by atoms with van der Waals surface area (Å²) in [5, 5.41) is 2.98. The van der Waals surface area contributed by atoms with E-state index >= 15 is 0 Å². The van der Waals surface area contributed by atoms with Crippen LogP contribution in [0.4, 0.5) is 5.82 Å². The predicted octanol–water partition coefficient (Wildman–Crippen LogP) is -3.74. The van der Waals surface area contributed by atoms with E-state index in [1.54, 1.807) is 20.8 Å². The van der Waals surface area contributed by atoms with E-state index in [0.717, 1.165) is 4.57 Å². The monoisotopic (exact) mass is 323 g/mol. The summed E-state index contributed by atoms with van der Waals surface area (Å²) < 4.78 is 1.11. The third kappa shape index (κ3) is 3.53. The molecule has 0 fully saturated rings. The van der Waals surface area contributed by atoms with Crippen LogP contribution in [-0.2, 0) is 0 Å². The fraction of sp³-hybridized carbons (Fsp3) is 0.333. The van der Waals surface area contributed by atoms with Crippen molar-refractivity contribution < 1.29 is 0 Å². The van der Waals surface area contributed by atoms with Crippen LogP contribution in [0.2, 0.25) is 0 Å². The summed E-state index contributed by atoms with van der Waals surface area (Å²) in [4.78, 5) is 26.8. The van der Waals surface area contributed by atoms with Crippen LogP contribution < -0.4 is 43.9 Å². The fourth-order valence-corrected chi connectivity index (χ4v) is 2.71. The summed E-state index contributed by atoms with van der Waals surface area (Å²) in [5.41, 5.74) is 0.291. The van der Waals surface area contributed by atoms with Crippen LogP contribution in [0.5, 0.6) is 0 Å². The lowest BCUT2D eigenvalue weighted by Gasteiger charge is -2.26. The van der Waals surface area contributed by atoms with E-state index in [0.29, 0.717) is 5.56 Å². The Labute approximate surface area is 153 Å². The first-order chi connectivity index (χ1) is 11.6. The van der Waals surface area contributed by atoms with Crippen molar-refractivity contribution in [3.63, 3.8) is 0 Å². The summed E-state index contributed by atoms with van der Waals surface area (Å²) in [5.74, 6) is 0.229. The minimum Gasteiger partial charge on any atom is -0.365 e. The molecule has 2 N–H and O–H groups in total. The molecule has 0 aliphatic heterocycles. The summed E-state index contributed by atoms with van der Waals surface area (Å²) >= 11 is 0. The van der Waals surface area contributed by atoms with E-state index in [4.69, 9.17) is 39.2 Å². The van der Waals surface area contributed by atoms with Gasteiger partial charge in [0.2, 0.25) is 0 Å². The number of H-pyrrole nitrogens is 1. The smallest absolute Gasteiger partial charge is 0.330 e. The van der Waals surface area contributed by atoms with Gasteiger partial charge in [0, 0.05) is 18.2 Å². The lowest BCUT2D eigenvalue weighted by atomic mass is 9.59. The molecule has 0 saturated heterocycles. The average Bonchev–Trinajstić information content (AvgIpc) is 2.50. The van der Waals surface area contributed by atoms with Gasteiger partial charge in [0.15, 0.2) is 0 Å². The first kappa shape index (κ1) is 19.4. The van der Waals surface area contributed by atoms with Crippen LogP contribution >= 0.6 is 0 Å². The van der Waals surface area contributed by atoms with Crippen LogP contribution in [0.3, 0.4) is 0 Å². The lowest BCUT2D eigenvalue weighted by Crippen LogP contribution is -2.57. The Balaban J connectivity index is 2.47. The standard InChI is InChI=1S/C15H14B5N3O2/c1-5(2)23-8(24)4-7(22-15(23)25)21-6(3)9-10(16)12(18)14(20)13(19)11(9)17/h4-6,21H,1-3H3,(H,22,25)/t6-/m0/s1. The molecule has 0 spiro atoms. The van der Waals surface area contributed by atoms with Crippen LogP contribution in [-0.4, -0.2) is 48.8 Å². The second kappa shape index (κ2) is 7.10. The van der Waals surface area contributed by atoms with Gasteiger partial charge in [0.05, 0.1) is 0 Å². The Morgan fingerprint density at radius 2 is 1.40 bits per heavy atom. The molecule has 1 aromatic carbocycles. The molecule has 0 amide bonds. The number of hydrogen-bond acceptors (Lipinski definition) is 3. The maximum Gasteiger partial charge on any atom is 0.330 e. The number of anilines is 1. The van der Waals surface area contributed by atoms with Gasteiger partial charge in [-0.2, -0.15) is 0 Å². The molecule has 0 saturated carbocycles. The van der Waals surface area contributed by atoms with Gasteiger partial charge in [0.25, 0.3) is 5.56 Å². The van der Waals surface area contributed by atoms with Gasteiger partial charge < -0.3 is 5.32 Å². The van der Waals surface area contributed by atoms with Crippen molar-refractivity contribution in [3.05, 3.63) is 32.5 Å². The van der Waals surface area contributed by atoms with E-state index in [9.17, 15) is 9.59 Å². The molecule has 1 aromatic heterocycles. The van der Waals surface area contributed by atoms with Gasteiger partial charge in [-0.05, 0) is 26.3 Å². The molecular formula is C15H14B5N3O2. The number of aromatic nitrogens is 2. The fourth-order valence-electron chi connectivity index (χ4n) is 2.71. The molecule has 0 aliphatic carbocycles. The van der Waals surface area contributed by atoms with Crippen molar-refractivity contribution >= 4 is 72.4 Å². The molecule has 5 nitrogen and oxygen atoms in total. The van der Waals surface area contributed by atoms with E-state index < -0.39 is 17.3 Å². The zero-order chi connectivity index (χ0) is 19.0. The maximum atomic E-state index is 12.1. The molecule has 2 rings (SSSR count).